The highest BCUT2D eigenvalue weighted by Crippen LogP contribution is 2.33. The van der Waals surface area contributed by atoms with Crippen LogP contribution >= 0.6 is 15.9 Å². The van der Waals surface area contributed by atoms with Gasteiger partial charge in [-0.3, -0.25) is 0 Å². The Bertz CT molecular complexity index is 170. The van der Waals surface area contributed by atoms with Crippen molar-refractivity contribution in [1.82, 2.24) is 0 Å². The zero-order chi connectivity index (χ0) is 9.12. The Kier molecular flexibility index (Phi) is 3.40. The van der Waals surface area contributed by atoms with Crippen LogP contribution in [0.4, 0.5) is 0 Å². The Balaban J connectivity index is 4.33. The highest BCUT2D eigenvalue weighted by atomic mass is 79.9. The molecule has 0 aromatic rings. The normalized spacial score (nSPS) is 12.1. The van der Waals surface area contributed by atoms with Gasteiger partial charge in [-0.25, -0.2) is 0 Å². The molecule has 0 rings (SSSR count). The molecule has 0 aliphatic carbocycles. The van der Waals surface area contributed by atoms with E-state index in [1.165, 1.54) is 6.26 Å². The summed E-state index contributed by atoms with van der Waals surface area (Å²) in [6.07, 6.45) is 1.49. The van der Waals surface area contributed by atoms with E-state index in [0.29, 0.717) is 0 Å². The average molecular weight is 219 g/mol. The van der Waals surface area contributed by atoms with Crippen molar-refractivity contribution in [3.05, 3.63) is 18.6 Å². The molecular formula is C9H15BrO. The fourth-order valence-corrected chi connectivity index (χ4v) is 0.423. The van der Waals surface area contributed by atoms with E-state index in [4.69, 9.17) is 4.74 Å². The predicted molar refractivity (Wildman–Crippen MR) is 51.9 cm³/mol. The fourth-order valence-electron chi connectivity index (χ4n) is 0.329. The molecule has 0 fully saturated rings. The molecule has 0 aromatic heterocycles. The summed E-state index contributed by atoms with van der Waals surface area (Å²) < 4.78 is 5.34. The summed E-state index contributed by atoms with van der Waals surface area (Å²) in [5.41, 5.74) is 2.33. The second-order valence-corrected chi connectivity index (χ2v) is 5.41. The molecule has 0 amide bonds. The molecule has 0 radical (unpaired) electrons. The number of ether oxygens (including phenoxy) is 1. The Hall–Kier alpha value is -0.200. The molecule has 0 bridgehead atoms. The maximum Gasteiger partial charge on any atom is 0.125 e. The SMILES string of the molecule is C=C=COC(C)(C)C(C)(C)Br. The molecule has 0 atom stereocenters. The van der Waals surface area contributed by atoms with Gasteiger partial charge in [0.05, 0.1) is 4.32 Å². The number of hydrogen-bond donors (Lipinski definition) is 0. The smallest absolute Gasteiger partial charge is 0.125 e. The molecule has 0 saturated carbocycles. The summed E-state index contributed by atoms with van der Waals surface area (Å²) in [6.45, 7) is 11.6. The molecule has 0 spiro atoms. The summed E-state index contributed by atoms with van der Waals surface area (Å²) in [6, 6.07) is 0. The molecule has 64 valence electrons. The fraction of sp³-hybridized carbons (Fsp3) is 0.667. The predicted octanol–water partition coefficient (Wildman–Crippen LogP) is 3.25. The lowest BCUT2D eigenvalue weighted by Gasteiger charge is -2.35. The molecule has 0 aliphatic heterocycles. The van der Waals surface area contributed by atoms with Gasteiger partial charge in [0, 0.05) is 0 Å². The second-order valence-electron chi connectivity index (χ2n) is 3.42. The van der Waals surface area contributed by atoms with Gasteiger partial charge in [0.25, 0.3) is 0 Å². The first-order chi connectivity index (χ1) is 4.81. The first-order valence-corrected chi connectivity index (χ1v) is 4.31. The standard InChI is InChI=1S/C9H15BrO/c1-6-7-11-9(4,5)8(2,3)10/h7H,1H2,2-5H3. The minimum atomic E-state index is -0.252. The summed E-state index contributed by atoms with van der Waals surface area (Å²) >= 11 is 3.54. The third-order valence-corrected chi connectivity index (χ3v) is 2.82. The zero-order valence-electron chi connectivity index (χ0n) is 7.57. The number of halogens is 1. The van der Waals surface area contributed by atoms with Crippen LogP contribution < -0.4 is 0 Å². The largest absolute Gasteiger partial charge is 0.486 e. The third kappa shape index (κ3) is 3.13. The topological polar surface area (TPSA) is 9.23 Å². The Morgan fingerprint density at radius 2 is 1.82 bits per heavy atom. The van der Waals surface area contributed by atoms with Gasteiger partial charge in [-0.15, -0.1) is 0 Å². The van der Waals surface area contributed by atoms with Crippen molar-refractivity contribution in [3.8, 4) is 0 Å². The quantitative estimate of drug-likeness (QED) is 0.402. The minimum absolute atomic E-state index is 0.0622. The van der Waals surface area contributed by atoms with E-state index in [9.17, 15) is 0 Å². The lowest BCUT2D eigenvalue weighted by molar-refractivity contribution is 0.0327. The maximum absolute atomic E-state index is 5.40. The molecule has 1 nitrogen and oxygen atoms in total. The van der Waals surface area contributed by atoms with E-state index >= 15 is 0 Å². The second kappa shape index (κ2) is 3.46. The summed E-state index contributed by atoms with van der Waals surface area (Å²) in [5.74, 6) is 0. The highest BCUT2D eigenvalue weighted by Gasteiger charge is 2.35. The van der Waals surface area contributed by atoms with Crippen LogP contribution in [-0.2, 0) is 4.74 Å². The van der Waals surface area contributed by atoms with Crippen LogP contribution in [0.1, 0.15) is 27.7 Å². The van der Waals surface area contributed by atoms with Gasteiger partial charge in [-0.2, -0.15) is 0 Å². The Morgan fingerprint density at radius 1 is 1.36 bits per heavy atom. The third-order valence-electron chi connectivity index (χ3n) is 1.87. The van der Waals surface area contributed by atoms with Crippen molar-refractivity contribution in [3.63, 3.8) is 0 Å². The lowest BCUT2D eigenvalue weighted by atomic mass is 9.94. The van der Waals surface area contributed by atoms with Gasteiger partial charge in [0.2, 0.25) is 0 Å². The van der Waals surface area contributed by atoms with Crippen molar-refractivity contribution in [2.24, 2.45) is 0 Å². The molecule has 0 unspecified atom stereocenters. The molecular weight excluding hydrogens is 204 g/mol. The van der Waals surface area contributed by atoms with Crippen LogP contribution in [0.15, 0.2) is 18.6 Å². The van der Waals surface area contributed by atoms with Crippen LogP contribution in [0.5, 0.6) is 0 Å². The zero-order valence-corrected chi connectivity index (χ0v) is 9.16. The molecule has 0 aromatic carbocycles. The van der Waals surface area contributed by atoms with Gasteiger partial charge in [0.15, 0.2) is 0 Å². The van der Waals surface area contributed by atoms with Gasteiger partial charge in [-0.05, 0) is 27.7 Å². The number of hydrogen-bond acceptors (Lipinski definition) is 1. The maximum atomic E-state index is 5.40. The van der Waals surface area contributed by atoms with E-state index in [0.717, 1.165) is 0 Å². The molecule has 2 heteroatoms. The van der Waals surface area contributed by atoms with Crippen LogP contribution in [0.3, 0.4) is 0 Å². The van der Waals surface area contributed by atoms with Crippen LogP contribution in [-0.4, -0.2) is 9.93 Å². The van der Waals surface area contributed by atoms with E-state index in [-0.39, 0.29) is 9.93 Å². The van der Waals surface area contributed by atoms with Gasteiger partial charge in [0.1, 0.15) is 11.9 Å². The van der Waals surface area contributed by atoms with Crippen molar-refractivity contribution < 1.29 is 4.74 Å². The van der Waals surface area contributed by atoms with Gasteiger partial charge in [-0.1, -0.05) is 28.2 Å². The Labute approximate surface area is 77.3 Å². The van der Waals surface area contributed by atoms with E-state index in [2.05, 4.69) is 42.1 Å². The van der Waals surface area contributed by atoms with Gasteiger partial charge >= 0.3 is 0 Å². The van der Waals surface area contributed by atoms with E-state index < -0.39 is 0 Å². The average Bonchev–Trinajstić information content (AvgIpc) is 1.81. The van der Waals surface area contributed by atoms with Crippen LogP contribution in [0.2, 0.25) is 0 Å². The molecule has 0 aliphatic rings. The summed E-state index contributed by atoms with van der Waals surface area (Å²) in [5, 5.41) is 0. The molecule has 0 N–H and O–H groups in total. The first kappa shape index (κ1) is 10.8. The van der Waals surface area contributed by atoms with Gasteiger partial charge < -0.3 is 4.74 Å². The molecule has 0 heterocycles. The first-order valence-electron chi connectivity index (χ1n) is 3.52. The number of alkyl halides is 1. The number of rotatable bonds is 3. The van der Waals surface area contributed by atoms with Crippen LogP contribution in [0, 0.1) is 0 Å². The Morgan fingerprint density at radius 3 is 2.09 bits per heavy atom. The van der Waals surface area contributed by atoms with Crippen LogP contribution in [0.25, 0.3) is 0 Å². The van der Waals surface area contributed by atoms with E-state index in [1.807, 2.05) is 13.8 Å². The summed E-state index contributed by atoms with van der Waals surface area (Å²) in [4.78, 5) is 0. The lowest BCUT2D eigenvalue weighted by Crippen LogP contribution is -2.41. The highest BCUT2D eigenvalue weighted by molar-refractivity contribution is 9.10. The van der Waals surface area contributed by atoms with Crippen molar-refractivity contribution >= 4 is 15.9 Å². The van der Waals surface area contributed by atoms with E-state index in [1.54, 1.807) is 0 Å². The van der Waals surface area contributed by atoms with Crippen molar-refractivity contribution in [1.29, 1.82) is 0 Å². The van der Waals surface area contributed by atoms with Crippen molar-refractivity contribution in [2.75, 3.05) is 0 Å². The monoisotopic (exact) mass is 218 g/mol. The molecule has 11 heavy (non-hydrogen) atoms. The van der Waals surface area contributed by atoms with Crippen molar-refractivity contribution in [2.45, 2.75) is 37.6 Å². The summed E-state index contributed by atoms with van der Waals surface area (Å²) in [7, 11) is 0. The molecule has 0 saturated heterocycles. The minimum Gasteiger partial charge on any atom is -0.486 e.